The number of carbonyl (C=O) groups is 1. The van der Waals surface area contributed by atoms with Gasteiger partial charge < -0.3 is 10.6 Å². The summed E-state index contributed by atoms with van der Waals surface area (Å²) < 4.78 is 0. The van der Waals surface area contributed by atoms with Gasteiger partial charge in [-0.1, -0.05) is 13.8 Å². The molecule has 0 saturated carbocycles. The molecule has 4 heteroatoms. The van der Waals surface area contributed by atoms with Gasteiger partial charge in [-0.3, -0.25) is 4.79 Å². The minimum atomic E-state index is 0.0352. The van der Waals surface area contributed by atoms with E-state index in [0.29, 0.717) is 12.3 Å². The molecule has 1 aromatic heterocycles. The summed E-state index contributed by atoms with van der Waals surface area (Å²) in [5.74, 6) is 1.23. The molecule has 88 valence electrons. The second-order valence-electron chi connectivity index (χ2n) is 4.11. The van der Waals surface area contributed by atoms with Crippen molar-refractivity contribution in [3.8, 4) is 0 Å². The third kappa shape index (κ3) is 4.29. The van der Waals surface area contributed by atoms with E-state index in [0.717, 1.165) is 18.1 Å². The van der Waals surface area contributed by atoms with Crippen LogP contribution in [0.4, 0.5) is 11.5 Å². The molecule has 0 saturated heterocycles. The summed E-state index contributed by atoms with van der Waals surface area (Å²) in [6.45, 7) is 6.89. The van der Waals surface area contributed by atoms with Gasteiger partial charge in [-0.15, -0.1) is 0 Å². The first kappa shape index (κ1) is 12.5. The van der Waals surface area contributed by atoms with Gasteiger partial charge in [-0.2, -0.15) is 0 Å². The molecule has 1 heterocycles. The lowest BCUT2D eigenvalue weighted by Crippen LogP contribution is -2.14. The van der Waals surface area contributed by atoms with Crippen LogP contribution in [0.1, 0.15) is 27.2 Å². The van der Waals surface area contributed by atoms with E-state index < -0.39 is 0 Å². The maximum absolute atomic E-state index is 11.5. The highest BCUT2D eigenvalue weighted by Crippen LogP contribution is 2.10. The van der Waals surface area contributed by atoms with Gasteiger partial charge in [0, 0.05) is 13.0 Å². The van der Waals surface area contributed by atoms with Crippen molar-refractivity contribution in [2.24, 2.45) is 5.92 Å². The summed E-state index contributed by atoms with van der Waals surface area (Å²) in [6, 6.07) is 3.71. The van der Waals surface area contributed by atoms with Crippen LogP contribution in [-0.4, -0.2) is 17.4 Å². The number of nitrogens with one attached hydrogen (secondary N) is 2. The van der Waals surface area contributed by atoms with E-state index in [-0.39, 0.29) is 5.91 Å². The van der Waals surface area contributed by atoms with Crippen molar-refractivity contribution < 1.29 is 4.79 Å². The third-order valence-electron chi connectivity index (χ3n) is 2.00. The van der Waals surface area contributed by atoms with Crippen LogP contribution in [0, 0.1) is 5.92 Å². The summed E-state index contributed by atoms with van der Waals surface area (Å²) in [5, 5.41) is 5.91. The number of rotatable bonds is 5. The SMILES string of the molecule is CCNc1ccc(NC(=O)CC(C)C)cn1. The Balaban J connectivity index is 2.51. The van der Waals surface area contributed by atoms with Gasteiger partial charge in [0.25, 0.3) is 0 Å². The predicted octanol–water partition coefficient (Wildman–Crippen LogP) is 2.50. The van der Waals surface area contributed by atoms with E-state index in [2.05, 4.69) is 15.6 Å². The van der Waals surface area contributed by atoms with Crippen LogP contribution >= 0.6 is 0 Å². The zero-order valence-electron chi connectivity index (χ0n) is 10.1. The molecule has 2 N–H and O–H groups in total. The Morgan fingerprint density at radius 3 is 2.69 bits per heavy atom. The van der Waals surface area contributed by atoms with Crippen molar-refractivity contribution in [3.05, 3.63) is 18.3 Å². The molecule has 0 unspecified atom stereocenters. The summed E-state index contributed by atoms with van der Waals surface area (Å²) >= 11 is 0. The molecule has 0 aliphatic carbocycles. The highest BCUT2D eigenvalue weighted by Gasteiger charge is 2.05. The van der Waals surface area contributed by atoms with Gasteiger partial charge >= 0.3 is 0 Å². The van der Waals surface area contributed by atoms with Gasteiger partial charge in [0.15, 0.2) is 0 Å². The van der Waals surface area contributed by atoms with E-state index in [4.69, 9.17) is 0 Å². The van der Waals surface area contributed by atoms with Crippen LogP contribution in [0.2, 0.25) is 0 Å². The second-order valence-corrected chi connectivity index (χ2v) is 4.11. The lowest BCUT2D eigenvalue weighted by atomic mass is 10.1. The van der Waals surface area contributed by atoms with E-state index in [9.17, 15) is 4.79 Å². The Morgan fingerprint density at radius 1 is 1.44 bits per heavy atom. The zero-order chi connectivity index (χ0) is 12.0. The largest absolute Gasteiger partial charge is 0.370 e. The number of carbonyl (C=O) groups excluding carboxylic acids is 1. The maximum atomic E-state index is 11.5. The second kappa shape index (κ2) is 6.10. The average Bonchev–Trinajstić information content (AvgIpc) is 2.20. The lowest BCUT2D eigenvalue weighted by molar-refractivity contribution is -0.116. The monoisotopic (exact) mass is 221 g/mol. The molecule has 0 fully saturated rings. The topological polar surface area (TPSA) is 54.0 Å². The Hall–Kier alpha value is -1.58. The molecule has 1 aromatic rings. The Bertz CT molecular complexity index is 333. The van der Waals surface area contributed by atoms with Crippen LogP contribution in [0.15, 0.2) is 18.3 Å². The molecule has 0 aliphatic heterocycles. The van der Waals surface area contributed by atoms with Gasteiger partial charge in [-0.25, -0.2) is 4.98 Å². The molecular formula is C12H19N3O. The van der Waals surface area contributed by atoms with E-state index in [1.54, 1.807) is 6.20 Å². The zero-order valence-corrected chi connectivity index (χ0v) is 10.1. The molecule has 0 radical (unpaired) electrons. The van der Waals surface area contributed by atoms with Crippen molar-refractivity contribution in [1.29, 1.82) is 0 Å². The highest BCUT2D eigenvalue weighted by molar-refractivity contribution is 5.90. The number of aromatic nitrogens is 1. The number of pyridine rings is 1. The van der Waals surface area contributed by atoms with Crippen LogP contribution in [0.5, 0.6) is 0 Å². The first-order chi connectivity index (χ1) is 7.61. The molecule has 0 spiro atoms. The molecule has 4 nitrogen and oxygen atoms in total. The van der Waals surface area contributed by atoms with Gasteiger partial charge in [0.05, 0.1) is 11.9 Å². The fourth-order valence-electron chi connectivity index (χ4n) is 1.34. The van der Waals surface area contributed by atoms with Crippen molar-refractivity contribution in [2.45, 2.75) is 27.2 Å². The molecule has 0 aromatic carbocycles. The number of hydrogen-bond donors (Lipinski definition) is 2. The van der Waals surface area contributed by atoms with Crippen molar-refractivity contribution in [2.75, 3.05) is 17.2 Å². The highest BCUT2D eigenvalue weighted by atomic mass is 16.1. The van der Waals surface area contributed by atoms with Crippen molar-refractivity contribution >= 4 is 17.4 Å². The molecule has 1 amide bonds. The number of anilines is 2. The molecule has 1 rings (SSSR count). The molecule has 0 atom stereocenters. The Kier molecular flexibility index (Phi) is 4.76. The van der Waals surface area contributed by atoms with Crippen molar-refractivity contribution in [3.63, 3.8) is 0 Å². The first-order valence-electron chi connectivity index (χ1n) is 5.61. The average molecular weight is 221 g/mol. The normalized spacial score (nSPS) is 10.2. The van der Waals surface area contributed by atoms with Crippen molar-refractivity contribution in [1.82, 2.24) is 4.98 Å². The minimum Gasteiger partial charge on any atom is -0.370 e. The van der Waals surface area contributed by atoms with E-state index in [1.165, 1.54) is 0 Å². The quantitative estimate of drug-likeness (QED) is 0.803. The van der Waals surface area contributed by atoms with Gasteiger partial charge in [0.2, 0.25) is 5.91 Å². The Labute approximate surface area is 96.5 Å². The molecule has 0 aliphatic rings. The standard InChI is InChI=1S/C12H19N3O/c1-4-13-11-6-5-10(8-14-11)15-12(16)7-9(2)3/h5-6,8-9H,4,7H2,1-3H3,(H,13,14)(H,15,16). The molecular weight excluding hydrogens is 202 g/mol. The smallest absolute Gasteiger partial charge is 0.224 e. The summed E-state index contributed by atoms with van der Waals surface area (Å²) in [4.78, 5) is 15.7. The summed E-state index contributed by atoms with van der Waals surface area (Å²) in [5.41, 5.74) is 0.743. The molecule has 16 heavy (non-hydrogen) atoms. The summed E-state index contributed by atoms with van der Waals surface area (Å²) in [7, 11) is 0. The number of amides is 1. The number of nitrogens with zero attached hydrogens (tertiary/aromatic N) is 1. The fourth-order valence-corrected chi connectivity index (χ4v) is 1.34. The minimum absolute atomic E-state index is 0.0352. The summed E-state index contributed by atoms with van der Waals surface area (Å²) in [6.07, 6.45) is 2.20. The third-order valence-corrected chi connectivity index (χ3v) is 2.00. The predicted molar refractivity (Wildman–Crippen MR) is 66.5 cm³/mol. The van der Waals surface area contributed by atoms with Crippen LogP contribution in [-0.2, 0) is 4.79 Å². The van der Waals surface area contributed by atoms with Gasteiger partial charge in [-0.05, 0) is 25.0 Å². The van der Waals surface area contributed by atoms with E-state index in [1.807, 2.05) is 32.9 Å². The number of hydrogen-bond acceptors (Lipinski definition) is 3. The van der Waals surface area contributed by atoms with Gasteiger partial charge in [0.1, 0.15) is 5.82 Å². The van der Waals surface area contributed by atoms with E-state index >= 15 is 0 Å². The van der Waals surface area contributed by atoms with Crippen LogP contribution in [0.25, 0.3) is 0 Å². The first-order valence-corrected chi connectivity index (χ1v) is 5.61. The maximum Gasteiger partial charge on any atom is 0.224 e. The van der Waals surface area contributed by atoms with Crippen LogP contribution in [0.3, 0.4) is 0 Å². The lowest BCUT2D eigenvalue weighted by Gasteiger charge is -2.07. The fraction of sp³-hybridized carbons (Fsp3) is 0.500. The molecule has 0 bridgehead atoms. The van der Waals surface area contributed by atoms with Crippen LogP contribution < -0.4 is 10.6 Å². The Morgan fingerprint density at radius 2 is 2.19 bits per heavy atom.